The fraction of sp³-hybridized carbons (Fsp3) is 0.480. The van der Waals surface area contributed by atoms with Crippen molar-refractivity contribution in [2.45, 2.75) is 57.9 Å². The van der Waals surface area contributed by atoms with Gasteiger partial charge in [0, 0.05) is 17.1 Å². The molecule has 3 aromatic rings. The van der Waals surface area contributed by atoms with Gasteiger partial charge in [-0.3, -0.25) is 0 Å². The molecule has 0 amide bonds. The number of methoxy groups -OCH3 is 1. The van der Waals surface area contributed by atoms with E-state index < -0.39 is 17.9 Å². The van der Waals surface area contributed by atoms with Crippen LogP contribution in [0.3, 0.4) is 0 Å². The van der Waals surface area contributed by atoms with E-state index in [1.54, 1.807) is 33.1 Å². The summed E-state index contributed by atoms with van der Waals surface area (Å²) in [5.74, 6) is 1.89. The first-order chi connectivity index (χ1) is 17.0. The number of ether oxygens (including phenoxy) is 3. The number of anilines is 2. The number of benzene rings is 1. The molecule has 0 aliphatic heterocycles. The van der Waals surface area contributed by atoms with Gasteiger partial charge in [-0.2, -0.15) is 13.2 Å². The molecule has 194 valence electrons. The molecule has 1 saturated carbocycles. The second-order valence-corrected chi connectivity index (χ2v) is 9.21. The van der Waals surface area contributed by atoms with Crippen LogP contribution in [-0.4, -0.2) is 40.9 Å². The Morgan fingerprint density at radius 2 is 1.83 bits per heavy atom. The number of halogens is 3. The van der Waals surface area contributed by atoms with Crippen molar-refractivity contribution in [2.24, 2.45) is 0 Å². The Bertz CT molecular complexity index is 1250. The van der Waals surface area contributed by atoms with Gasteiger partial charge in [0.05, 0.1) is 36.6 Å². The van der Waals surface area contributed by atoms with Crippen LogP contribution in [0.25, 0.3) is 10.9 Å². The summed E-state index contributed by atoms with van der Waals surface area (Å²) in [5.41, 5.74) is 5.30. The second kappa shape index (κ2) is 9.96. The summed E-state index contributed by atoms with van der Waals surface area (Å²) in [6.45, 7) is 6.28. The van der Waals surface area contributed by atoms with Gasteiger partial charge in [0.1, 0.15) is 23.9 Å². The summed E-state index contributed by atoms with van der Waals surface area (Å²) in [4.78, 5) is 12.7. The molecule has 8 nitrogen and oxygen atoms in total. The van der Waals surface area contributed by atoms with Crippen LogP contribution in [0, 0.1) is 6.92 Å². The number of rotatable bonds is 9. The zero-order chi connectivity index (χ0) is 26.1. The van der Waals surface area contributed by atoms with Gasteiger partial charge in [0.15, 0.2) is 11.5 Å². The lowest BCUT2D eigenvalue weighted by Gasteiger charge is -2.38. The molecule has 0 saturated heterocycles. The smallest absolute Gasteiger partial charge is 0.433 e. The Morgan fingerprint density at radius 3 is 2.47 bits per heavy atom. The summed E-state index contributed by atoms with van der Waals surface area (Å²) in [7, 11) is 1.54. The van der Waals surface area contributed by atoms with Crippen LogP contribution in [0.1, 0.15) is 56.4 Å². The number of aromatic nitrogens is 3. The summed E-state index contributed by atoms with van der Waals surface area (Å²) < 4.78 is 57.1. The van der Waals surface area contributed by atoms with Gasteiger partial charge >= 0.3 is 6.18 Å². The number of fused-ring (bicyclic) bond motifs is 1. The Kier molecular flexibility index (Phi) is 7.12. The van der Waals surface area contributed by atoms with Gasteiger partial charge in [0.2, 0.25) is 0 Å². The largest absolute Gasteiger partial charge is 0.493 e. The molecule has 0 bridgehead atoms. The van der Waals surface area contributed by atoms with E-state index in [1.807, 2.05) is 0 Å². The number of aryl methyl sites for hydroxylation is 1. The first kappa shape index (κ1) is 25.7. The molecular weight excluding hydrogens is 475 g/mol. The van der Waals surface area contributed by atoms with Crippen LogP contribution in [0.15, 0.2) is 24.3 Å². The molecule has 1 aliphatic carbocycles. The summed E-state index contributed by atoms with van der Waals surface area (Å²) in [5, 5.41) is 3.78. The number of alkyl halides is 3. The van der Waals surface area contributed by atoms with E-state index >= 15 is 0 Å². The molecule has 4 rings (SSSR count). The van der Waals surface area contributed by atoms with Crippen LogP contribution in [0.5, 0.6) is 11.5 Å². The quantitative estimate of drug-likeness (QED) is 0.370. The van der Waals surface area contributed by atoms with Crippen molar-refractivity contribution in [3.63, 3.8) is 0 Å². The number of nitrogens with two attached hydrogens (primary N) is 1. The highest BCUT2D eigenvalue weighted by molar-refractivity contribution is 5.92. The van der Waals surface area contributed by atoms with Crippen LogP contribution >= 0.6 is 0 Å². The Labute approximate surface area is 207 Å². The van der Waals surface area contributed by atoms with Gasteiger partial charge in [-0.25, -0.2) is 15.0 Å². The number of pyridine rings is 1. The third kappa shape index (κ3) is 5.72. The molecule has 3 N–H and O–H groups in total. The molecule has 1 aromatic carbocycles. The molecule has 36 heavy (non-hydrogen) atoms. The fourth-order valence-corrected chi connectivity index (χ4v) is 4.11. The zero-order valence-electron chi connectivity index (χ0n) is 20.7. The lowest BCUT2D eigenvalue weighted by atomic mass is 9.82. The van der Waals surface area contributed by atoms with E-state index in [1.165, 1.54) is 12.5 Å². The Hall–Kier alpha value is -3.34. The minimum Gasteiger partial charge on any atom is -0.493 e. The maximum atomic E-state index is 13.2. The average molecular weight is 506 g/mol. The predicted octanol–water partition coefficient (Wildman–Crippen LogP) is 5.45. The van der Waals surface area contributed by atoms with Crippen molar-refractivity contribution >= 4 is 22.4 Å². The maximum absolute atomic E-state index is 13.2. The molecule has 1 fully saturated rings. The van der Waals surface area contributed by atoms with Gasteiger partial charge in [-0.1, -0.05) is 0 Å². The monoisotopic (exact) mass is 505 g/mol. The Morgan fingerprint density at radius 1 is 1.08 bits per heavy atom. The topological polar surface area (TPSA) is 104 Å². The third-order valence-corrected chi connectivity index (χ3v) is 6.25. The normalized spacial score (nSPS) is 15.9. The van der Waals surface area contributed by atoms with E-state index in [4.69, 9.17) is 19.9 Å². The standard InChI is InChI=1S/C25H30F3N5O3/c1-14(18-10-16(29)11-22(33-18)25(26,27)28)30-23-17-12-21(35-8-9-36-24(3)6-5-7-24)20(34-4)13-19(17)31-15(2)32-23/h10-14H,5-9H2,1-4H3,(H2,29,33)(H,30,31,32). The number of nitrogens with zero attached hydrogens (tertiary/aromatic N) is 3. The van der Waals surface area contributed by atoms with Crippen molar-refractivity contribution in [2.75, 3.05) is 31.4 Å². The van der Waals surface area contributed by atoms with Gasteiger partial charge in [-0.15, -0.1) is 0 Å². The van der Waals surface area contributed by atoms with Crippen molar-refractivity contribution in [1.82, 2.24) is 15.0 Å². The van der Waals surface area contributed by atoms with Crippen molar-refractivity contribution in [3.05, 3.63) is 41.5 Å². The molecular formula is C25H30F3N5O3. The lowest BCUT2D eigenvalue weighted by molar-refractivity contribution is -0.141. The van der Waals surface area contributed by atoms with Crippen LogP contribution < -0.4 is 20.5 Å². The maximum Gasteiger partial charge on any atom is 0.433 e. The highest BCUT2D eigenvalue weighted by Crippen LogP contribution is 2.37. The van der Waals surface area contributed by atoms with Crippen molar-refractivity contribution < 1.29 is 27.4 Å². The van der Waals surface area contributed by atoms with Crippen molar-refractivity contribution in [3.8, 4) is 11.5 Å². The molecule has 0 radical (unpaired) electrons. The Balaban J connectivity index is 1.60. The van der Waals surface area contributed by atoms with E-state index in [2.05, 4.69) is 27.2 Å². The average Bonchev–Trinajstić information content (AvgIpc) is 2.79. The predicted molar refractivity (Wildman–Crippen MR) is 130 cm³/mol. The number of hydrogen-bond donors (Lipinski definition) is 2. The van der Waals surface area contributed by atoms with E-state index in [0.29, 0.717) is 47.3 Å². The van der Waals surface area contributed by atoms with Crippen molar-refractivity contribution in [1.29, 1.82) is 0 Å². The van der Waals surface area contributed by atoms with E-state index in [9.17, 15) is 13.2 Å². The lowest BCUT2D eigenvalue weighted by Crippen LogP contribution is -2.37. The van der Waals surface area contributed by atoms with Crippen LogP contribution in [0.2, 0.25) is 0 Å². The molecule has 0 spiro atoms. The van der Waals surface area contributed by atoms with E-state index in [0.717, 1.165) is 18.9 Å². The molecule has 2 aromatic heterocycles. The summed E-state index contributed by atoms with van der Waals surface area (Å²) >= 11 is 0. The van der Waals surface area contributed by atoms with Gasteiger partial charge < -0.3 is 25.3 Å². The minimum absolute atomic E-state index is 0.0249. The second-order valence-electron chi connectivity index (χ2n) is 9.21. The first-order valence-electron chi connectivity index (χ1n) is 11.7. The molecule has 11 heteroatoms. The number of nitrogen functional groups attached to an aromatic ring is 1. The number of nitrogens with one attached hydrogen (secondary N) is 1. The van der Waals surface area contributed by atoms with E-state index in [-0.39, 0.29) is 17.0 Å². The van der Waals surface area contributed by atoms with Gasteiger partial charge in [0.25, 0.3) is 0 Å². The van der Waals surface area contributed by atoms with Crippen LogP contribution in [0.4, 0.5) is 24.7 Å². The summed E-state index contributed by atoms with van der Waals surface area (Å²) in [6, 6.07) is 5.08. The molecule has 1 aliphatic rings. The third-order valence-electron chi connectivity index (χ3n) is 6.25. The zero-order valence-corrected chi connectivity index (χ0v) is 20.7. The molecule has 1 unspecified atom stereocenters. The highest BCUT2D eigenvalue weighted by Gasteiger charge is 2.34. The SMILES string of the molecule is COc1cc2nc(C)nc(NC(C)c3cc(N)cc(C(F)(F)F)n3)c2cc1OCCOC1(C)CCC1. The highest BCUT2D eigenvalue weighted by atomic mass is 19.4. The van der Waals surface area contributed by atoms with Crippen LogP contribution in [-0.2, 0) is 10.9 Å². The fourth-order valence-electron chi connectivity index (χ4n) is 4.11. The minimum atomic E-state index is -4.61. The molecule has 2 heterocycles. The van der Waals surface area contributed by atoms with Gasteiger partial charge in [-0.05, 0) is 58.2 Å². The molecule has 1 atom stereocenters. The first-order valence-corrected chi connectivity index (χ1v) is 11.7. The number of hydrogen-bond acceptors (Lipinski definition) is 8. The summed E-state index contributed by atoms with van der Waals surface area (Å²) in [6.07, 6.45) is -1.35.